The minimum absolute atomic E-state index is 0.0557. The van der Waals surface area contributed by atoms with Crippen LogP contribution >= 0.6 is 43.2 Å². The summed E-state index contributed by atoms with van der Waals surface area (Å²) in [7, 11) is 0. The number of hydrogen-bond donors (Lipinski definition) is 1. The number of nitrogens with one attached hydrogen (secondary N) is 1. The molecule has 1 aliphatic carbocycles. The lowest BCUT2D eigenvalue weighted by Crippen LogP contribution is -2.40. The number of amides is 1. The summed E-state index contributed by atoms with van der Waals surface area (Å²) in [5.74, 6) is 0.652. The van der Waals surface area contributed by atoms with E-state index in [1.807, 2.05) is 6.07 Å². The van der Waals surface area contributed by atoms with Crippen LogP contribution in [0.3, 0.4) is 0 Å². The minimum Gasteiger partial charge on any atom is -0.348 e. The number of carbonyl (C=O) groups excluding carboxylic acids is 1. The van der Waals surface area contributed by atoms with E-state index in [4.69, 9.17) is 0 Å². The molecule has 1 aliphatic rings. The molecule has 2 atom stereocenters. The second-order valence-corrected chi connectivity index (χ2v) is 7.80. The van der Waals surface area contributed by atoms with E-state index >= 15 is 0 Å². The Balaban J connectivity index is 2.01. The summed E-state index contributed by atoms with van der Waals surface area (Å²) in [6.45, 7) is 2.23. The molecule has 5 heteroatoms. The van der Waals surface area contributed by atoms with E-state index in [9.17, 15) is 4.79 Å². The van der Waals surface area contributed by atoms with Crippen molar-refractivity contribution < 1.29 is 4.79 Å². The quantitative estimate of drug-likeness (QED) is 0.799. The van der Waals surface area contributed by atoms with E-state index in [2.05, 4.69) is 44.1 Å². The maximum Gasteiger partial charge on any atom is 0.261 e. The van der Waals surface area contributed by atoms with E-state index in [0.29, 0.717) is 12.0 Å². The summed E-state index contributed by atoms with van der Waals surface area (Å²) >= 11 is 8.29. The molecule has 1 fully saturated rings. The SMILES string of the molecule is C[C@H]1CCCC[C@@H]1NC(=O)c1cc(Br)c(Br)s1. The van der Waals surface area contributed by atoms with Gasteiger partial charge < -0.3 is 5.32 Å². The van der Waals surface area contributed by atoms with Crippen molar-refractivity contribution in [2.45, 2.75) is 38.6 Å². The zero-order chi connectivity index (χ0) is 12.4. The average molecular weight is 381 g/mol. The van der Waals surface area contributed by atoms with Gasteiger partial charge in [-0.25, -0.2) is 0 Å². The first-order valence-electron chi connectivity index (χ1n) is 5.83. The van der Waals surface area contributed by atoms with E-state index in [1.54, 1.807) is 0 Å². The predicted molar refractivity (Wildman–Crippen MR) is 78.6 cm³/mol. The van der Waals surface area contributed by atoms with Gasteiger partial charge in [0.15, 0.2) is 0 Å². The molecule has 1 saturated carbocycles. The van der Waals surface area contributed by atoms with Crippen molar-refractivity contribution in [1.29, 1.82) is 0 Å². The molecule has 1 N–H and O–H groups in total. The molecule has 2 nitrogen and oxygen atoms in total. The third-order valence-electron chi connectivity index (χ3n) is 3.30. The topological polar surface area (TPSA) is 29.1 Å². The Labute approximate surface area is 122 Å². The summed E-state index contributed by atoms with van der Waals surface area (Å²) in [6.07, 6.45) is 4.86. The third-order valence-corrected chi connectivity index (χ3v) is 6.55. The number of rotatable bonds is 2. The Morgan fingerprint density at radius 3 is 2.71 bits per heavy atom. The first kappa shape index (κ1) is 13.6. The molecule has 0 unspecified atom stereocenters. The molecule has 0 aliphatic heterocycles. The van der Waals surface area contributed by atoms with Crippen molar-refractivity contribution in [1.82, 2.24) is 5.32 Å². The van der Waals surface area contributed by atoms with Gasteiger partial charge in [-0.3, -0.25) is 4.79 Å². The van der Waals surface area contributed by atoms with Crippen molar-refractivity contribution in [2.75, 3.05) is 0 Å². The molecule has 94 valence electrons. The summed E-state index contributed by atoms with van der Waals surface area (Å²) < 4.78 is 1.92. The van der Waals surface area contributed by atoms with Crippen molar-refractivity contribution in [3.63, 3.8) is 0 Å². The van der Waals surface area contributed by atoms with Crippen LogP contribution in [0.25, 0.3) is 0 Å². The summed E-state index contributed by atoms with van der Waals surface area (Å²) in [5.41, 5.74) is 0. The van der Waals surface area contributed by atoms with Crippen LogP contribution in [-0.2, 0) is 0 Å². The molecule has 0 bridgehead atoms. The number of halogens is 2. The highest BCUT2D eigenvalue weighted by atomic mass is 79.9. The van der Waals surface area contributed by atoms with Gasteiger partial charge in [0.25, 0.3) is 5.91 Å². The molecular weight excluding hydrogens is 366 g/mol. The van der Waals surface area contributed by atoms with Gasteiger partial charge >= 0.3 is 0 Å². The lowest BCUT2D eigenvalue weighted by molar-refractivity contribution is 0.0914. The van der Waals surface area contributed by atoms with Gasteiger partial charge in [0.05, 0.1) is 8.66 Å². The Kier molecular flexibility index (Phi) is 4.66. The molecule has 17 heavy (non-hydrogen) atoms. The zero-order valence-corrected chi connectivity index (χ0v) is 13.6. The van der Waals surface area contributed by atoms with Crippen molar-refractivity contribution in [3.8, 4) is 0 Å². The van der Waals surface area contributed by atoms with Gasteiger partial charge in [0.2, 0.25) is 0 Å². The molecule has 0 radical (unpaired) electrons. The third kappa shape index (κ3) is 3.32. The van der Waals surface area contributed by atoms with Gasteiger partial charge in [0.1, 0.15) is 0 Å². The van der Waals surface area contributed by atoms with Crippen LogP contribution in [-0.4, -0.2) is 11.9 Å². The molecule has 0 saturated heterocycles. The molecule has 1 heterocycles. The minimum atomic E-state index is 0.0557. The molecule has 1 amide bonds. The first-order valence-corrected chi connectivity index (χ1v) is 8.24. The van der Waals surface area contributed by atoms with Crippen molar-refractivity contribution in [2.24, 2.45) is 5.92 Å². The van der Waals surface area contributed by atoms with Crippen molar-refractivity contribution >= 4 is 49.1 Å². The second kappa shape index (κ2) is 5.85. The van der Waals surface area contributed by atoms with Crippen LogP contribution in [0, 0.1) is 5.92 Å². The summed E-state index contributed by atoms with van der Waals surface area (Å²) in [4.78, 5) is 12.8. The summed E-state index contributed by atoms with van der Waals surface area (Å²) in [6, 6.07) is 2.22. The Hall–Kier alpha value is 0.130. The maximum atomic E-state index is 12.1. The van der Waals surface area contributed by atoms with Gasteiger partial charge in [-0.1, -0.05) is 19.8 Å². The van der Waals surface area contributed by atoms with E-state index < -0.39 is 0 Å². The zero-order valence-electron chi connectivity index (χ0n) is 9.63. The van der Waals surface area contributed by atoms with Gasteiger partial charge in [-0.15, -0.1) is 11.3 Å². The highest BCUT2D eigenvalue weighted by Crippen LogP contribution is 2.32. The van der Waals surface area contributed by atoms with Crippen LogP contribution in [0.1, 0.15) is 42.3 Å². The largest absolute Gasteiger partial charge is 0.348 e. The van der Waals surface area contributed by atoms with Crippen LogP contribution in [0.4, 0.5) is 0 Å². The van der Waals surface area contributed by atoms with Gasteiger partial charge in [-0.05, 0) is 56.7 Å². The smallest absolute Gasteiger partial charge is 0.261 e. The highest BCUT2D eigenvalue weighted by molar-refractivity contribution is 9.13. The number of hydrogen-bond acceptors (Lipinski definition) is 2. The molecular formula is C12H15Br2NOS. The number of thiophene rings is 1. The standard InChI is InChI=1S/C12H15Br2NOS/c1-7-4-2-3-5-9(7)15-12(16)10-6-8(13)11(14)17-10/h6-7,9H,2-5H2,1H3,(H,15,16)/t7-,9-/m0/s1. The molecule has 1 aromatic heterocycles. The highest BCUT2D eigenvalue weighted by Gasteiger charge is 2.24. The second-order valence-electron chi connectivity index (χ2n) is 4.57. The normalized spacial score (nSPS) is 24.6. The average Bonchev–Trinajstić information content (AvgIpc) is 2.63. The lowest BCUT2D eigenvalue weighted by Gasteiger charge is -2.29. The molecule has 1 aromatic rings. The fourth-order valence-corrected chi connectivity index (χ4v) is 4.17. The van der Waals surface area contributed by atoms with Gasteiger partial charge in [0, 0.05) is 10.5 Å². The van der Waals surface area contributed by atoms with Crippen LogP contribution in [0.2, 0.25) is 0 Å². The lowest BCUT2D eigenvalue weighted by atomic mass is 9.86. The van der Waals surface area contributed by atoms with Crippen molar-refractivity contribution in [3.05, 3.63) is 19.2 Å². The van der Waals surface area contributed by atoms with Crippen LogP contribution < -0.4 is 5.32 Å². The van der Waals surface area contributed by atoms with E-state index in [0.717, 1.165) is 19.6 Å². The predicted octanol–water partition coefficient (Wildman–Crippen LogP) is 4.58. The monoisotopic (exact) mass is 379 g/mol. The number of carbonyl (C=O) groups is 1. The summed E-state index contributed by atoms with van der Waals surface area (Å²) in [5, 5.41) is 3.16. The molecule has 0 aromatic carbocycles. The van der Waals surface area contributed by atoms with Crippen LogP contribution in [0.15, 0.2) is 14.3 Å². The maximum absolute atomic E-state index is 12.1. The fraction of sp³-hybridized carbons (Fsp3) is 0.583. The molecule has 2 rings (SSSR count). The Bertz CT molecular complexity index is 399. The molecule has 0 spiro atoms. The van der Waals surface area contributed by atoms with Gasteiger partial charge in [-0.2, -0.15) is 0 Å². The van der Waals surface area contributed by atoms with E-state index in [1.165, 1.54) is 30.6 Å². The van der Waals surface area contributed by atoms with Crippen LogP contribution in [0.5, 0.6) is 0 Å². The first-order chi connectivity index (χ1) is 8.08. The van der Waals surface area contributed by atoms with E-state index in [-0.39, 0.29) is 5.91 Å². The fourth-order valence-electron chi connectivity index (χ4n) is 2.23. The Morgan fingerprint density at radius 1 is 1.41 bits per heavy atom. The Morgan fingerprint density at radius 2 is 2.12 bits per heavy atom.